The SMILES string of the molecule is [2H]C([2H])([2H])c1cc2c3c(c1)N(c1cc4c(cc1C)C(C)(C)CCC4(C)C)c1ccc(C(C)(C)C)cc1B3c1cc3c(cc1N2c1ccc2c(c1)C(C)(C)CC2(C)C)C(C)(C)CC3(C)C. The first-order valence-electron chi connectivity index (χ1n) is 24.8. The van der Waals surface area contributed by atoms with Crippen LogP contribution >= 0.6 is 0 Å². The van der Waals surface area contributed by atoms with E-state index in [0.29, 0.717) is 5.56 Å². The van der Waals surface area contributed by atoms with Gasteiger partial charge in [-0.1, -0.05) is 134 Å². The zero-order valence-corrected chi connectivity index (χ0v) is 40.2. The Morgan fingerprint density at radius 2 is 1.00 bits per heavy atom. The second-order valence-electron chi connectivity index (χ2n) is 25.1. The zero-order chi connectivity index (χ0) is 46.4. The maximum Gasteiger partial charge on any atom is 0.252 e. The molecular formula is C58H71BN2. The fraction of sp³-hybridized carbons (Fsp3) is 0.483. The van der Waals surface area contributed by atoms with Crippen LogP contribution in [0.5, 0.6) is 0 Å². The molecule has 3 heteroatoms. The second kappa shape index (κ2) is 12.3. The zero-order valence-electron chi connectivity index (χ0n) is 43.2. The van der Waals surface area contributed by atoms with Gasteiger partial charge in [0.1, 0.15) is 0 Å². The Hall–Kier alpha value is -4.24. The molecule has 2 heterocycles. The fourth-order valence-corrected chi connectivity index (χ4v) is 13.5. The summed E-state index contributed by atoms with van der Waals surface area (Å²) < 4.78 is 27.3. The Balaban J connectivity index is 1.36. The van der Waals surface area contributed by atoms with E-state index in [-0.39, 0.29) is 44.6 Å². The summed E-state index contributed by atoms with van der Waals surface area (Å²) in [5.41, 5.74) is 21.6. The summed E-state index contributed by atoms with van der Waals surface area (Å²) in [5, 5.41) is 0. The lowest BCUT2D eigenvalue weighted by molar-refractivity contribution is 0.332. The van der Waals surface area contributed by atoms with Gasteiger partial charge in [-0.25, -0.2) is 0 Å². The van der Waals surface area contributed by atoms with Gasteiger partial charge in [0.15, 0.2) is 0 Å². The quantitative estimate of drug-likeness (QED) is 0.161. The minimum Gasteiger partial charge on any atom is -0.311 e. The van der Waals surface area contributed by atoms with Crippen molar-refractivity contribution in [3.63, 3.8) is 0 Å². The smallest absolute Gasteiger partial charge is 0.252 e. The van der Waals surface area contributed by atoms with E-state index < -0.39 is 6.85 Å². The summed E-state index contributed by atoms with van der Waals surface area (Å²) in [6, 6.07) is 28.4. The number of hydrogen-bond donors (Lipinski definition) is 0. The van der Waals surface area contributed by atoms with Crippen molar-refractivity contribution < 1.29 is 4.11 Å². The average molecular weight is 810 g/mol. The highest BCUT2D eigenvalue weighted by Crippen LogP contribution is 2.56. The van der Waals surface area contributed by atoms with Crippen molar-refractivity contribution >= 4 is 57.2 Å². The van der Waals surface area contributed by atoms with Crippen molar-refractivity contribution in [2.75, 3.05) is 9.80 Å². The van der Waals surface area contributed by atoms with E-state index in [1.165, 1.54) is 66.6 Å². The normalized spacial score (nSPS) is 22.2. The van der Waals surface area contributed by atoms with Gasteiger partial charge in [0.05, 0.1) is 0 Å². The molecule has 5 aromatic carbocycles. The Morgan fingerprint density at radius 1 is 0.492 bits per heavy atom. The van der Waals surface area contributed by atoms with Gasteiger partial charge in [-0.2, -0.15) is 0 Å². The molecule has 0 unspecified atom stereocenters. The Bertz CT molecular complexity index is 2840. The van der Waals surface area contributed by atoms with Crippen molar-refractivity contribution in [3.8, 4) is 0 Å². The summed E-state index contributed by atoms with van der Waals surface area (Å²) in [5.74, 6) is 0. The highest BCUT2D eigenvalue weighted by molar-refractivity contribution is 7.00. The van der Waals surface area contributed by atoms with Gasteiger partial charge in [0.25, 0.3) is 6.71 Å². The maximum atomic E-state index is 9.11. The first-order chi connectivity index (χ1) is 29.3. The summed E-state index contributed by atoms with van der Waals surface area (Å²) in [6.07, 6.45) is 4.41. The van der Waals surface area contributed by atoms with Crippen LogP contribution in [0.1, 0.15) is 184 Å². The van der Waals surface area contributed by atoms with Crippen molar-refractivity contribution in [2.24, 2.45) is 0 Å². The molecule has 0 N–H and O–H groups in total. The van der Waals surface area contributed by atoms with E-state index in [4.69, 9.17) is 4.11 Å². The molecule has 2 aliphatic heterocycles. The molecule has 5 aliphatic rings. The van der Waals surface area contributed by atoms with E-state index >= 15 is 0 Å². The summed E-state index contributed by atoms with van der Waals surface area (Å²) in [7, 11) is 0. The molecule has 2 nitrogen and oxygen atoms in total. The molecule has 0 saturated carbocycles. The molecule has 0 spiro atoms. The number of aryl methyl sites for hydroxylation is 2. The second-order valence-corrected chi connectivity index (χ2v) is 25.1. The van der Waals surface area contributed by atoms with E-state index in [2.05, 4.69) is 181 Å². The monoisotopic (exact) mass is 810 g/mol. The molecule has 0 amide bonds. The average Bonchev–Trinajstić information content (AvgIpc) is 3.48. The lowest BCUT2D eigenvalue weighted by Gasteiger charge is -2.47. The molecule has 0 saturated heterocycles. The van der Waals surface area contributed by atoms with E-state index in [1.807, 2.05) is 12.1 Å². The molecule has 0 aromatic heterocycles. The molecule has 0 atom stereocenters. The van der Waals surface area contributed by atoms with Crippen LogP contribution in [0.4, 0.5) is 34.1 Å². The van der Waals surface area contributed by atoms with Gasteiger partial charge in [0.2, 0.25) is 0 Å². The summed E-state index contributed by atoms with van der Waals surface area (Å²) >= 11 is 0. The van der Waals surface area contributed by atoms with Crippen LogP contribution in [0.15, 0.2) is 72.8 Å². The van der Waals surface area contributed by atoms with Gasteiger partial charge >= 0.3 is 0 Å². The Labute approximate surface area is 373 Å². The molecular weight excluding hydrogens is 735 g/mol. The predicted molar refractivity (Wildman–Crippen MR) is 265 cm³/mol. The minimum absolute atomic E-state index is 0.00286. The van der Waals surface area contributed by atoms with E-state index in [0.717, 1.165) is 54.1 Å². The number of anilines is 6. The van der Waals surface area contributed by atoms with Gasteiger partial charge in [-0.15, -0.1) is 0 Å². The number of hydrogen-bond acceptors (Lipinski definition) is 2. The Kier molecular flexibility index (Phi) is 7.51. The van der Waals surface area contributed by atoms with Crippen molar-refractivity contribution in [3.05, 3.63) is 123 Å². The fourth-order valence-electron chi connectivity index (χ4n) is 13.5. The third kappa shape index (κ3) is 5.80. The van der Waals surface area contributed by atoms with Crippen molar-refractivity contribution in [1.82, 2.24) is 0 Å². The van der Waals surface area contributed by atoms with Gasteiger partial charge in [0, 0.05) is 38.2 Å². The molecule has 5 aromatic rings. The largest absolute Gasteiger partial charge is 0.311 e. The van der Waals surface area contributed by atoms with Crippen LogP contribution in [0.3, 0.4) is 0 Å². The summed E-state index contributed by atoms with van der Waals surface area (Å²) in [6.45, 7) is 35.6. The Morgan fingerprint density at radius 3 is 1.61 bits per heavy atom. The van der Waals surface area contributed by atoms with Crippen LogP contribution in [-0.2, 0) is 37.9 Å². The predicted octanol–water partition coefficient (Wildman–Crippen LogP) is 14.0. The molecule has 0 fully saturated rings. The maximum absolute atomic E-state index is 9.11. The molecule has 316 valence electrons. The number of benzene rings is 5. The van der Waals surface area contributed by atoms with Gasteiger partial charge in [-0.3, -0.25) is 0 Å². The number of rotatable bonds is 2. The van der Waals surface area contributed by atoms with Gasteiger partial charge < -0.3 is 9.80 Å². The van der Waals surface area contributed by atoms with Gasteiger partial charge in [-0.05, 0) is 186 Å². The molecule has 0 radical (unpaired) electrons. The first kappa shape index (κ1) is 37.3. The summed E-state index contributed by atoms with van der Waals surface area (Å²) in [4.78, 5) is 4.95. The standard InChI is InChI=1S/C58H71BN2/c1-34-24-49-51-50(25-34)61(47-30-42-39(26-35(47)2)53(6,7)22-23-54(42,8)9)46-21-18-36(52(3,4)5)27-44(46)59(51)45-29-41-43(58(16,17)33-57(41,14)15)31-48(45)60(49)37-19-20-38-40(28-37)56(12,13)32-55(38,10)11/h18-21,24-31H,22-23,32-33H2,1-17H3/i1D3. The van der Waals surface area contributed by atoms with E-state index in [1.54, 1.807) is 0 Å². The van der Waals surface area contributed by atoms with Crippen LogP contribution < -0.4 is 26.2 Å². The molecule has 0 bridgehead atoms. The highest BCUT2D eigenvalue weighted by Gasteiger charge is 2.50. The highest BCUT2D eigenvalue weighted by atomic mass is 15.2. The topological polar surface area (TPSA) is 6.48 Å². The van der Waals surface area contributed by atoms with Crippen LogP contribution in [0.2, 0.25) is 0 Å². The van der Waals surface area contributed by atoms with E-state index in [9.17, 15) is 0 Å². The molecule has 10 rings (SSSR count). The van der Waals surface area contributed by atoms with Crippen LogP contribution in [-0.4, -0.2) is 6.71 Å². The lowest BCUT2D eigenvalue weighted by Crippen LogP contribution is -2.62. The third-order valence-corrected chi connectivity index (χ3v) is 16.4. The van der Waals surface area contributed by atoms with Crippen LogP contribution in [0, 0.1) is 13.8 Å². The van der Waals surface area contributed by atoms with Crippen molar-refractivity contribution in [2.45, 2.75) is 181 Å². The first-order valence-corrected chi connectivity index (χ1v) is 23.3. The molecule has 61 heavy (non-hydrogen) atoms. The lowest BCUT2D eigenvalue weighted by atomic mass is 9.33. The van der Waals surface area contributed by atoms with Crippen molar-refractivity contribution in [1.29, 1.82) is 0 Å². The molecule has 3 aliphatic carbocycles. The van der Waals surface area contributed by atoms with Crippen LogP contribution in [0.25, 0.3) is 0 Å². The minimum atomic E-state index is -2.33. The number of fused-ring (bicyclic) bond motifs is 7. The third-order valence-electron chi connectivity index (χ3n) is 16.4. The number of nitrogens with zero attached hydrogens (tertiary/aromatic N) is 2.